The maximum atomic E-state index is 12.3. The number of urea groups is 1. The first-order valence-corrected chi connectivity index (χ1v) is 8.68. The van der Waals surface area contributed by atoms with Crippen molar-refractivity contribution in [2.45, 2.75) is 44.9 Å². The minimum atomic E-state index is -0.115. The van der Waals surface area contributed by atoms with Gasteiger partial charge in [-0.3, -0.25) is 4.79 Å². The Hall–Kier alpha value is -1.26. The molecule has 0 unspecified atom stereocenters. The normalized spacial score (nSPS) is 35.3. The average Bonchev–Trinajstić information content (AvgIpc) is 2.41. The first-order chi connectivity index (χ1) is 10.5. The fourth-order valence-corrected chi connectivity index (χ4v) is 5.44. The molecule has 0 spiro atoms. The summed E-state index contributed by atoms with van der Waals surface area (Å²) >= 11 is 0. The van der Waals surface area contributed by atoms with Gasteiger partial charge in [0.25, 0.3) is 0 Å². The molecule has 4 fully saturated rings. The molecule has 0 aromatic heterocycles. The van der Waals surface area contributed by atoms with Crippen LogP contribution in [0.4, 0.5) is 4.79 Å². The van der Waals surface area contributed by atoms with Crippen molar-refractivity contribution in [3.05, 3.63) is 0 Å². The van der Waals surface area contributed by atoms with E-state index in [2.05, 4.69) is 10.6 Å². The molecule has 0 saturated heterocycles. The molecule has 0 aromatic carbocycles. The van der Waals surface area contributed by atoms with E-state index in [4.69, 9.17) is 0 Å². The third kappa shape index (κ3) is 3.39. The van der Waals surface area contributed by atoms with Gasteiger partial charge in [-0.1, -0.05) is 0 Å². The van der Waals surface area contributed by atoms with Crippen molar-refractivity contribution in [1.82, 2.24) is 15.5 Å². The molecule has 5 heteroatoms. The van der Waals surface area contributed by atoms with E-state index < -0.39 is 0 Å². The van der Waals surface area contributed by atoms with Gasteiger partial charge in [-0.25, -0.2) is 4.79 Å². The zero-order valence-corrected chi connectivity index (χ0v) is 13.9. The molecular weight excluding hydrogens is 278 g/mol. The number of hydrogen-bond donors (Lipinski definition) is 2. The number of rotatable bonds is 5. The van der Waals surface area contributed by atoms with Gasteiger partial charge < -0.3 is 15.5 Å². The predicted molar refractivity (Wildman–Crippen MR) is 85.3 cm³/mol. The first-order valence-electron chi connectivity index (χ1n) is 8.68. The zero-order valence-electron chi connectivity index (χ0n) is 13.9. The van der Waals surface area contributed by atoms with Crippen LogP contribution in [0.1, 0.15) is 44.9 Å². The van der Waals surface area contributed by atoms with Crippen LogP contribution in [-0.4, -0.2) is 44.0 Å². The minimum Gasteiger partial charge on any atom is -0.354 e. The van der Waals surface area contributed by atoms with Crippen LogP contribution in [0.3, 0.4) is 0 Å². The van der Waals surface area contributed by atoms with Crippen LogP contribution < -0.4 is 10.6 Å². The van der Waals surface area contributed by atoms with E-state index in [0.717, 1.165) is 17.8 Å². The summed E-state index contributed by atoms with van der Waals surface area (Å²) in [6.07, 6.45) is 8.74. The van der Waals surface area contributed by atoms with E-state index in [9.17, 15) is 9.59 Å². The van der Waals surface area contributed by atoms with E-state index in [1.54, 1.807) is 14.1 Å². The molecule has 4 saturated carbocycles. The lowest BCUT2D eigenvalue weighted by Crippen LogP contribution is -2.48. The molecule has 0 heterocycles. The Morgan fingerprint density at radius 1 is 0.955 bits per heavy atom. The van der Waals surface area contributed by atoms with Gasteiger partial charge in [-0.05, 0) is 61.7 Å². The van der Waals surface area contributed by atoms with E-state index >= 15 is 0 Å². The molecule has 124 valence electrons. The minimum absolute atomic E-state index is 0.115. The number of carbonyl (C=O) groups is 2. The van der Waals surface area contributed by atoms with Crippen molar-refractivity contribution >= 4 is 11.9 Å². The summed E-state index contributed by atoms with van der Waals surface area (Å²) in [7, 11) is 3.42. The van der Waals surface area contributed by atoms with Crippen LogP contribution in [0, 0.1) is 23.2 Å². The van der Waals surface area contributed by atoms with Gasteiger partial charge in [-0.2, -0.15) is 0 Å². The van der Waals surface area contributed by atoms with E-state index in [1.165, 1.54) is 43.4 Å². The molecule has 2 N–H and O–H groups in total. The number of carbonyl (C=O) groups excluding carboxylic acids is 2. The van der Waals surface area contributed by atoms with Gasteiger partial charge in [0.2, 0.25) is 5.91 Å². The SMILES string of the molecule is CN(C)C(=O)NCCNC(=O)CC12CC3CC(CC(C3)C1)C2. The van der Waals surface area contributed by atoms with Crippen LogP contribution in [-0.2, 0) is 4.79 Å². The maximum Gasteiger partial charge on any atom is 0.316 e. The molecule has 0 radical (unpaired) electrons. The molecule has 0 aliphatic heterocycles. The maximum absolute atomic E-state index is 12.3. The van der Waals surface area contributed by atoms with Gasteiger partial charge in [0.15, 0.2) is 0 Å². The van der Waals surface area contributed by atoms with E-state index in [-0.39, 0.29) is 11.9 Å². The first kappa shape index (κ1) is 15.6. The van der Waals surface area contributed by atoms with Crippen molar-refractivity contribution in [1.29, 1.82) is 0 Å². The predicted octanol–water partition coefficient (Wildman–Crippen LogP) is 1.98. The highest BCUT2D eigenvalue weighted by atomic mass is 16.2. The van der Waals surface area contributed by atoms with Crippen molar-refractivity contribution in [3.63, 3.8) is 0 Å². The molecule has 3 amide bonds. The van der Waals surface area contributed by atoms with Gasteiger partial charge in [-0.15, -0.1) is 0 Å². The summed E-state index contributed by atoms with van der Waals surface area (Å²) in [5, 5.41) is 5.75. The molecule has 0 aromatic rings. The van der Waals surface area contributed by atoms with Gasteiger partial charge >= 0.3 is 6.03 Å². The van der Waals surface area contributed by atoms with E-state index in [0.29, 0.717) is 24.9 Å². The van der Waals surface area contributed by atoms with Crippen LogP contribution >= 0.6 is 0 Å². The lowest BCUT2D eigenvalue weighted by molar-refractivity contribution is -0.129. The summed E-state index contributed by atoms with van der Waals surface area (Å²) in [4.78, 5) is 25.2. The number of amides is 3. The van der Waals surface area contributed by atoms with Crippen LogP contribution in [0.25, 0.3) is 0 Å². The van der Waals surface area contributed by atoms with E-state index in [1.807, 2.05) is 0 Å². The van der Waals surface area contributed by atoms with Crippen LogP contribution in [0.5, 0.6) is 0 Å². The molecule has 22 heavy (non-hydrogen) atoms. The second-order valence-corrected chi connectivity index (χ2v) is 8.07. The standard InChI is InChI=1S/C17H29N3O2/c1-20(2)16(22)19-4-3-18-15(21)11-17-8-12-5-13(9-17)7-14(6-12)10-17/h12-14H,3-11H2,1-2H3,(H,18,21)(H,19,22). The Labute approximate surface area is 133 Å². The van der Waals surface area contributed by atoms with Crippen molar-refractivity contribution in [2.24, 2.45) is 23.2 Å². The zero-order chi connectivity index (χ0) is 15.7. The van der Waals surface area contributed by atoms with Crippen LogP contribution in [0.15, 0.2) is 0 Å². The number of nitrogens with zero attached hydrogens (tertiary/aromatic N) is 1. The lowest BCUT2D eigenvalue weighted by atomic mass is 9.49. The molecule has 4 rings (SSSR count). The average molecular weight is 307 g/mol. The highest BCUT2D eigenvalue weighted by Crippen LogP contribution is 2.61. The van der Waals surface area contributed by atoms with Gasteiger partial charge in [0.1, 0.15) is 0 Å². The quantitative estimate of drug-likeness (QED) is 0.763. The third-order valence-electron chi connectivity index (χ3n) is 5.83. The third-order valence-corrected chi connectivity index (χ3v) is 5.83. The highest BCUT2D eigenvalue weighted by Gasteiger charge is 2.51. The molecule has 5 nitrogen and oxygen atoms in total. The molecule has 4 aliphatic carbocycles. The Morgan fingerprint density at radius 2 is 1.45 bits per heavy atom. The summed E-state index contributed by atoms with van der Waals surface area (Å²) in [6.45, 7) is 1.01. The fraction of sp³-hybridized carbons (Fsp3) is 0.882. The smallest absolute Gasteiger partial charge is 0.316 e. The Balaban J connectivity index is 1.41. The molecule has 0 atom stereocenters. The monoisotopic (exact) mass is 307 g/mol. The Kier molecular flexibility index (Phi) is 4.33. The summed E-state index contributed by atoms with van der Waals surface area (Å²) < 4.78 is 0. The highest BCUT2D eigenvalue weighted by molar-refractivity contribution is 5.77. The second kappa shape index (κ2) is 6.09. The lowest BCUT2D eigenvalue weighted by Gasteiger charge is -2.56. The summed E-state index contributed by atoms with van der Waals surface area (Å²) in [5.74, 6) is 2.83. The van der Waals surface area contributed by atoms with Crippen molar-refractivity contribution < 1.29 is 9.59 Å². The molecular formula is C17H29N3O2. The number of hydrogen-bond acceptors (Lipinski definition) is 2. The molecule has 4 bridgehead atoms. The Bertz CT molecular complexity index is 412. The van der Waals surface area contributed by atoms with Crippen molar-refractivity contribution in [2.75, 3.05) is 27.2 Å². The Morgan fingerprint density at radius 3 is 1.95 bits per heavy atom. The van der Waals surface area contributed by atoms with Crippen LogP contribution in [0.2, 0.25) is 0 Å². The van der Waals surface area contributed by atoms with Gasteiger partial charge in [0.05, 0.1) is 0 Å². The topological polar surface area (TPSA) is 61.4 Å². The fourth-order valence-electron chi connectivity index (χ4n) is 5.44. The van der Waals surface area contributed by atoms with Crippen molar-refractivity contribution in [3.8, 4) is 0 Å². The summed E-state index contributed by atoms with van der Waals surface area (Å²) in [6, 6.07) is -0.115. The largest absolute Gasteiger partial charge is 0.354 e. The second-order valence-electron chi connectivity index (χ2n) is 8.07. The van der Waals surface area contributed by atoms with Gasteiger partial charge in [0, 0.05) is 33.6 Å². The molecule has 4 aliphatic rings. The number of nitrogens with one attached hydrogen (secondary N) is 2. The summed E-state index contributed by atoms with van der Waals surface area (Å²) in [5.41, 5.74) is 0.297.